The van der Waals surface area contributed by atoms with Gasteiger partial charge in [-0.3, -0.25) is 9.59 Å². The van der Waals surface area contributed by atoms with E-state index >= 15 is 0 Å². The maximum Gasteiger partial charge on any atom is 0.242 e. The largest absolute Gasteiger partial charge is 0.339 e. The molecule has 0 aromatic heterocycles. The Hall–Kier alpha value is -1.10. The van der Waals surface area contributed by atoms with Crippen molar-refractivity contribution in [1.29, 1.82) is 0 Å². The number of carbonyl (C=O) groups is 2. The van der Waals surface area contributed by atoms with E-state index in [1.165, 1.54) is 0 Å². The Morgan fingerprint density at radius 3 is 1.89 bits per heavy atom. The van der Waals surface area contributed by atoms with Crippen molar-refractivity contribution in [2.45, 2.75) is 33.2 Å². The van der Waals surface area contributed by atoms with Crippen LogP contribution in [0.25, 0.3) is 0 Å². The number of nitrogens with one attached hydrogen (secondary N) is 1. The molecular weight excluding hydrogens is 230 g/mol. The van der Waals surface area contributed by atoms with E-state index in [-0.39, 0.29) is 17.7 Å². The highest BCUT2D eigenvalue weighted by Gasteiger charge is 2.33. The minimum absolute atomic E-state index is 0.0287. The van der Waals surface area contributed by atoms with Crippen LogP contribution in [-0.4, -0.2) is 60.4 Å². The van der Waals surface area contributed by atoms with Crippen LogP contribution < -0.4 is 5.32 Å². The topological polar surface area (TPSA) is 52.7 Å². The summed E-state index contributed by atoms with van der Waals surface area (Å²) in [7, 11) is 1.79. The van der Waals surface area contributed by atoms with Crippen LogP contribution in [0.3, 0.4) is 0 Å². The van der Waals surface area contributed by atoms with Crippen LogP contribution in [0.2, 0.25) is 0 Å². The van der Waals surface area contributed by atoms with Crippen molar-refractivity contribution in [2.75, 3.05) is 33.2 Å². The molecule has 0 saturated carbocycles. The first kappa shape index (κ1) is 15.0. The predicted molar refractivity (Wildman–Crippen MR) is 71.1 cm³/mol. The predicted octanol–water partition coefficient (Wildman–Crippen LogP) is 0.311. The third-order valence-corrected chi connectivity index (χ3v) is 3.53. The molecule has 1 aliphatic heterocycles. The lowest BCUT2D eigenvalue weighted by Gasteiger charge is -2.39. The van der Waals surface area contributed by atoms with Gasteiger partial charge in [0.15, 0.2) is 0 Å². The molecular formula is C13H25N3O2. The fourth-order valence-electron chi connectivity index (χ4n) is 2.00. The fourth-order valence-corrected chi connectivity index (χ4v) is 2.00. The zero-order chi connectivity index (χ0) is 13.9. The molecule has 1 N–H and O–H groups in total. The van der Waals surface area contributed by atoms with E-state index < -0.39 is 5.54 Å². The third kappa shape index (κ3) is 3.22. The van der Waals surface area contributed by atoms with Crippen LogP contribution in [0.5, 0.6) is 0 Å². The Bertz CT molecular complexity index is 318. The number of hydrogen-bond acceptors (Lipinski definition) is 3. The highest BCUT2D eigenvalue weighted by atomic mass is 16.2. The summed E-state index contributed by atoms with van der Waals surface area (Å²) < 4.78 is 0. The van der Waals surface area contributed by atoms with Crippen molar-refractivity contribution in [3.05, 3.63) is 0 Å². The van der Waals surface area contributed by atoms with Gasteiger partial charge in [0, 0.05) is 32.1 Å². The summed E-state index contributed by atoms with van der Waals surface area (Å²) in [4.78, 5) is 27.7. The van der Waals surface area contributed by atoms with E-state index in [1.807, 2.05) is 37.5 Å². The van der Waals surface area contributed by atoms with Gasteiger partial charge in [0.1, 0.15) is 0 Å². The lowest BCUT2D eigenvalue weighted by atomic mass is 10.0. The summed E-state index contributed by atoms with van der Waals surface area (Å²) in [5, 5.41) is 3.02. The molecule has 1 aliphatic rings. The van der Waals surface area contributed by atoms with E-state index in [0.717, 1.165) is 0 Å². The molecule has 0 atom stereocenters. The standard InChI is InChI=1S/C13H25N3O2/c1-10(2)11(17)15-6-8-16(9-7-15)12(18)13(3,4)14-5/h10,14H,6-9H2,1-5H3. The molecule has 1 rings (SSSR count). The van der Waals surface area contributed by atoms with Crippen molar-refractivity contribution in [3.8, 4) is 0 Å². The van der Waals surface area contributed by atoms with E-state index in [1.54, 1.807) is 7.05 Å². The van der Waals surface area contributed by atoms with E-state index in [9.17, 15) is 9.59 Å². The first-order valence-electron chi connectivity index (χ1n) is 6.56. The summed E-state index contributed by atoms with van der Waals surface area (Å²) in [5.41, 5.74) is -0.537. The van der Waals surface area contributed by atoms with Crippen LogP contribution in [0.4, 0.5) is 0 Å². The second-order valence-electron chi connectivity index (χ2n) is 5.65. The molecule has 0 unspecified atom stereocenters. The number of amides is 2. The lowest BCUT2D eigenvalue weighted by molar-refractivity contribution is -0.144. The van der Waals surface area contributed by atoms with Crippen molar-refractivity contribution in [1.82, 2.24) is 15.1 Å². The summed E-state index contributed by atoms with van der Waals surface area (Å²) in [5.74, 6) is 0.303. The number of rotatable bonds is 3. The Kier molecular flexibility index (Phi) is 4.73. The minimum Gasteiger partial charge on any atom is -0.339 e. The summed E-state index contributed by atoms with van der Waals surface area (Å²) in [6, 6.07) is 0. The van der Waals surface area contributed by atoms with Crippen LogP contribution in [0.1, 0.15) is 27.7 Å². The van der Waals surface area contributed by atoms with Gasteiger partial charge in [-0.1, -0.05) is 13.8 Å². The highest BCUT2D eigenvalue weighted by Crippen LogP contribution is 2.12. The van der Waals surface area contributed by atoms with Gasteiger partial charge in [-0.2, -0.15) is 0 Å². The average molecular weight is 255 g/mol. The number of piperazine rings is 1. The molecule has 1 fully saturated rings. The van der Waals surface area contributed by atoms with E-state index in [2.05, 4.69) is 5.32 Å². The maximum atomic E-state index is 12.2. The summed E-state index contributed by atoms with van der Waals surface area (Å²) in [6.45, 7) is 10.1. The minimum atomic E-state index is -0.537. The fraction of sp³-hybridized carbons (Fsp3) is 0.846. The molecule has 2 amide bonds. The Morgan fingerprint density at radius 1 is 1.06 bits per heavy atom. The van der Waals surface area contributed by atoms with Gasteiger partial charge in [-0.15, -0.1) is 0 Å². The van der Waals surface area contributed by atoms with Gasteiger partial charge in [-0.25, -0.2) is 0 Å². The Labute approximate surface area is 110 Å². The van der Waals surface area contributed by atoms with Crippen LogP contribution in [0.15, 0.2) is 0 Å². The van der Waals surface area contributed by atoms with Crippen molar-refractivity contribution >= 4 is 11.8 Å². The van der Waals surface area contributed by atoms with E-state index in [0.29, 0.717) is 26.2 Å². The first-order valence-corrected chi connectivity index (χ1v) is 6.56. The van der Waals surface area contributed by atoms with Crippen LogP contribution >= 0.6 is 0 Å². The monoisotopic (exact) mass is 255 g/mol. The first-order chi connectivity index (χ1) is 8.29. The SMILES string of the molecule is CNC(C)(C)C(=O)N1CCN(C(=O)C(C)C)CC1. The normalized spacial score (nSPS) is 17.2. The molecule has 1 saturated heterocycles. The third-order valence-electron chi connectivity index (χ3n) is 3.53. The Morgan fingerprint density at radius 2 is 1.50 bits per heavy atom. The zero-order valence-electron chi connectivity index (χ0n) is 12.1. The molecule has 0 spiro atoms. The summed E-state index contributed by atoms with van der Waals surface area (Å²) >= 11 is 0. The zero-order valence-corrected chi connectivity index (χ0v) is 12.1. The number of hydrogen-bond donors (Lipinski definition) is 1. The number of carbonyl (C=O) groups excluding carboxylic acids is 2. The van der Waals surface area contributed by atoms with Gasteiger partial charge in [0.25, 0.3) is 0 Å². The highest BCUT2D eigenvalue weighted by molar-refractivity contribution is 5.86. The molecule has 5 heteroatoms. The molecule has 0 aliphatic carbocycles. The molecule has 5 nitrogen and oxygen atoms in total. The van der Waals surface area contributed by atoms with Gasteiger partial charge >= 0.3 is 0 Å². The van der Waals surface area contributed by atoms with Gasteiger partial charge < -0.3 is 15.1 Å². The smallest absolute Gasteiger partial charge is 0.242 e. The van der Waals surface area contributed by atoms with Gasteiger partial charge in [-0.05, 0) is 20.9 Å². The molecule has 0 aromatic carbocycles. The number of likely N-dealkylation sites (N-methyl/N-ethyl adjacent to an activating group) is 1. The Balaban J connectivity index is 2.54. The number of nitrogens with zero attached hydrogens (tertiary/aromatic N) is 2. The van der Waals surface area contributed by atoms with Crippen LogP contribution in [0, 0.1) is 5.92 Å². The van der Waals surface area contributed by atoms with Gasteiger partial charge in [0.05, 0.1) is 5.54 Å². The second kappa shape index (κ2) is 5.69. The molecule has 0 radical (unpaired) electrons. The van der Waals surface area contributed by atoms with Crippen molar-refractivity contribution in [2.24, 2.45) is 5.92 Å². The van der Waals surface area contributed by atoms with Crippen LogP contribution in [-0.2, 0) is 9.59 Å². The average Bonchev–Trinajstić information content (AvgIpc) is 2.37. The molecule has 104 valence electrons. The summed E-state index contributed by atoms with van der Waals surface area (Å²) in [6.07, 6.45) is 0. The van der Waals surface area contributed by atoms with Crippen molar-refractivity contribution < 1.29 is 9.59 Å². The maximum absolute atomic E-state index is 12.2. The second-order valence-corrected chi connectivity index (χ2v) is 5.65. The van der Waals surface area contributed by atoms with Crippen molar-refractivity contribution in [3.63, 3.8) is 0 Å². The lowest BCUT2D eigenvalue weighted by Crippen LogP contribution is -2.58. The molecule has 1 heterocycles. The van der Waals surface area contributed by atoms with Gasteiger partial charge in [0.2, 0.25) is 11.8 Å². The molecule has 18 heavy (non-hydrogen) atoms. The van der Waals surface area contributed by atoms with E-state index in [4.69, 9.17) is 0 Å². The molecule has 0 bridgehead atoms. The molecule has 0 aromatic rings. The quantitative estimate of drug-likeness (QED) is 0.790.